The maximum absolute atomic E-state index is 12.0. The first kappa shape index (κ1) is 16.5. The van der Waals surface area contributed by atoms with E-state index in [0.717, 1.165) is 37.6 Å². The van der Waals surface area contributed by atoms with Gasteiger partial charge in [-0.25, -0.2) is 0 Å². The smallest absolute Gasteiger partial charge is 0.225 e. The summed E-state index contributed by atoms with van der Waals surface area (Å²) in [7, 11) is 2.17. The molecule has 1 fully saturated rings. The molecule has 0 aliphatic carbocycles. The van der Waals surface area contributed by atoms with Crippen LogP contribution in [0.3, 0.4) is 0 Å². The van der Waals surface area contributed by atoms with Gasteiger partial charge >= 0.3 is 0 Å². The number of thiophene rings is 1. The van der Waals surface area contributed by atoms with E-state index in [1.807, 2.05) is 17.5 Å². The number of nitrogens with one attached hydrogen (secondary N) is 1. The summed E-state index contributed by atoms with van der Waals surface area (Å²) in [6, 6.07) is 4.45. The van der Waals surface area contributed by atoms with Gasteiger partial charge in [-0.1, -0.05) is 19.9 Å². The largest absolute Gasteiger partial charge is 0.354 e. The monoisotopic (exact) mass is 309 g/mol. The molecule has 4 nitrogen and oxygen atoms in total. The molecule has 21 heavy (non-hydrogen) atoms. The second-order valence-electron chi connectivity index (χ2n) is 6.21. The Kier molecular flexibility index (Phi) is 6.21. The quantitative estimate of drug-likeness (QED) is 0.868. The van der Waals surface area contributed by atoms with Gasteiger partial charge < -0.3 is 10.2 Å². The minimum atomic E-state index is 0.136. The standard InChI is InChI=1S/C16H27N3OS/c1-13(2)15(19-8-6-18(3)7-9-19)12-17-16(20)11-14-5-4-10-21-14/h4-5,10,13,15H,6-9,11-12H2,1-3H3,(H,17,20). The molecule has 1 aromatic rings. The van der Waals surface area contributed by atoms with Crippen LogP contribution in [0.1, 0.15) is 18.7 Å². The van der Waals surface area contributed by atoms with E-state index in [9.17, 15) is 4.79 Å². The van der Waals surface area contributed by atoms with Gasteiger partial charge in [-0.15, -0.1) is 11.3 Å². The van der Waals surface area contributed by atoms with E-state index < -0.39 is 0 Å². The zero-order valence-electron chi connectivity index (χ0n) is 13.3. The SMILES string of the molecule is CC(C)C(CNC(=O)Cc1cccs1)N1CCN(C)CC1. The summed E-state index contributed by atoms with van der Waals surface area (Å²) in [5.74, 6) is 0.688. The summed E-state index contributed by atoms with van der Waals surface area (Å²) < 4.78 is 0. The van der Waals surface area contributed by atoms with E-state index in [2.05, 4.69) is 36.0 Å². The van der Waals surface area contributed by atoms with Crippen LogP contribution in [-0.2, 0) is 11.2 Å². The molecule has 0 spiro atoms. The normalized spacial score (nSPS) is 18.9. The molecule has 1 unspecified atom stereocenters. The van der Waals surface area contributed by atoms with Gasteiger partial charge in [0.25, 0.3) is 0 Å². The first-order valence-electron chi connectivity index (χ1n) is 7.78. The summed E-state index contributed by atoms with van der Waals surface area (Å²) in [5, 5.41) is 5.14. The molecule has 0 bridgehead atoms. The Balaban J connectivity index is 1.81. The minimum Gasteiger partial charge on any atom is -0.354 e. The van der Waals surface area contributed by atoms with E-state index in [1.165, 1.54) is 0 Å². The highest BCUT2D eigenvalue weighted by atomic mass is 32.1. The van der Waals surface area contributed by atoms with Crippen molar-refractivity contribution in [2.24, 2.45) is 5.92 Å². The third kappa shape index (κ3) is 5.09. The minimum absolute atomic E-state index is 0.136. The number of piperazine rings is 1. The summed E-state index contributed by atoms with van der Waals surface area (Å²) in [6.45, 7) is 9.67. The highest BCUT2D eigenvalue weighted by Crippen LogP contribution is 2.13. The van der Waals surface area contributed by atoms with Gasteiger partial charge in [-0.3, -0.25) is 9.69 Å². The summed E-state index contributed by atoms with van der Waals surface area (Å²) >= 11 is 1.64. The Morgan fingerprint density at radius 2 is 2.05 bits per heavy atom. The molecule has 1 amide bonds. The fraction of sp³-hybridized carbons (Fsp3) is 0.688. The predicted molar refractivity (Wildman–Crippen MR) is 88.7 cm³/mol. The molecule has 5 heteroatoms. The van der Waals surface area contributed by atoms with Gasteiger partial charge in [0.2, 0.25) is 5.91 Å². The zero-order chi connectivity index (χ0) is 15.2. The highest BCUT2D eigenvalue weighted by Gasteiger charge is 2.25. The molecule has 2 heterocycles. The summed E-state index contributed by atoms with van der Waals surface area (Å²) in [6.07, 6.45) is 0.505. The van der Waals surface area contributed by atoms with Crippen molar-refractivity contribution in [3.8, 4) is 0 Å². The lowest BCUT2D eigenvalue weighted by molar-refractivity contribution is -0.120. The Bertz CT molecular complexity index is 425. The summed E-state index contributed by atoms with van der Waals surface area (Å²) in [5.41, 5.74) is 0. The van der Waals surface area contributed by atoms with Gasteiger partial charge in [0.05, 0.1) is 6.42 Å². The van der Waals surface area contributed by atoms with Crippen LogP contribution in [0.5, 0.6) is 0 Å². The Hall–Kier alpha value is -0.910. The van der Waals surface area contributed by atoms with Gasteiger partial charge in [-0.2, -0.15) is 0 Å². The Labute approximate surface area is 132 Å². The Morgan fingerprint density at radius 1 is 1.33 bits per heavy atom. The van der Waals surface area contributed by atoms with Gasteiger partial charge in [0, 0.05) is 43.6 Å². The van der Waals surface area contributed by atoms with E-state index >= 15 is 0 Å². The van der Waals surface area contributed by atoms with Crippen LogP contribution in [0.15, 0.2) is 17.5 Å². The van der Waals surface area contributed by atoms with E-state index in [-0.39, 0.29) is 5.91 Å². The number of amides is 1. The maximum Gasteiger partial charge on any atom is 0.225 e. The zero-order valence-corrected chi connectivity index (χ0v) is 14.2. The molecule has 0 aromatic carbocycles. The van der Waals surface area contributed by atoms with Crippen LogP contribution in [0.4, 0.5) is 0 Å². The molecule has 118 valence electrons. The van der Waals surface area contributed by atoms with E-state index in [4.69, 9.17) is 0 Å². The van der Waals surface area contributed by atoms with Crippen LogP contribution in [0, 0.1) is 5.92 Å². The topological polar surface area (TPSA) is 35.6 Å². The van der Waals surface area contributed by atoms with E-state index in [1.54, 1.807) is 11.3 Å². The Morgan fingerprint density at radius 3 is 2.62 bits per heavy atom. The van der Waals surface area contributed by atoms with Crippen molar-refractivity contribution >= 4 is 17.2 Å². The lowest BCUT2D eigenvalue weighted by Crippen LogP contribution is -2.54. The number of nitrogens with zero attached hydrogens (tertiary/aromatic N) is 2. The average Bonchev–Trinajstić information content (AvgIpc) is 2.93. The van der Waals surface area contributed by atoms with Gasteiger partial charge in [-0.05, 0) is 24.4 Å². The van der Waals surface area contributed by atoms with Crippen LogP contribution >= 0.6 is 11.3 Å². The van der Waals surface area contributed by atoms with Gasteiger partial charge in [0.1, 0.15) is 0 Å². The number of carbonyl (C=O) groups excluding carboxylic acids is 1. The van der Waals surface area contributed by atoms with Crippen molar-refractivity contribution in [2.75, 3.05) is 39.8 Å². The fourth-order valence-electron chi connectivity index (χ4n) is 2.79. The van der Waals surface area contributed by atoms with Crippen LogP contribution in [-0.4, -0.2) is 61.5 Å². The molecule has 1 aliphatic rings. The van der Waals surface area contributed by atoms with Crippen LogP contribution < -0.4 is 5.32 Å². The van der Waals surface area contributed by atoms with Crippen molar-refractivity contribution in [1.82, 2.24) is 15.1 Å². The average molecular weight is 309 g/mol. The lowest BCUT2D eigenvalue weighted by atomic mass is 10.0. The molecular weight excluding hydrogens is 282 g/mol. The molecule has 2 rings (SSSR count). The number of likely N-dealkylation sites (N-methyl/N-ethyl adjacent to an activating group) is 1. The highest BCUT2D eigenvalue weighted by molar-refractivity contribution is 7.10. The van der Waals surface area contributed by atoms with Crippen molar-refractivity contribution in [1.29, 1.82) is 0 Å². The second-order valence-corrected chi connectivity index (χ2v) is 7.24. The van der Waals surface area contributed by atoms with Crippen molar-refractivity contribution in [3.63, 3.8) is 0 Å². The summed E-state index contributed by atoms with van der Waals surface area (Å²) in [4.78, 5) is 18.1. The number of rotatable bonds is 6. The first-order valence-corrected chi connectivity index (χ1v) is 8.66. The lowest BCUT2D eigenvalue weighted by Gasteiger charge is -2.39. The van der Waals surface area contributed by atoms with Crippen molar-refractivity contribution < 1.29 is 4.79 Å². The number of carbonyl (C=O) groups is 1. The first-order chi connectivity index (χ1) is 10.1. The third-order valence-electron chi connectivity index (χ3n) is 4.20. The van der Waals surface area contributed by atoms with Crippen molar-refractivity contribution in [3.05, 3.63) is 22.4 Å². The van der Waals surface area contributed by atoms with Crippen LogP contribution in [0.25, 0.3) is 0 Å². The third-order valence-corrected chi connectivity index (χ3v) is 5.08. The van der Waals surface area contributed by atoms with Gasteiger partial charge in [0.15, 0.2) is 0 Å². The number of hydrogen-bond acceptors (Lipinski definition) is 4. The predicted octanol–water partition coefficient (Wildman–Crippen LogP) is 1.68. The maximum atomic E-state index is 12.0. The molecule has 1 saturated heterocycles. The van der Waals surface area contributed by atoms with E-state index in [0.29, 0.717) is 18.4 Å². The molecule has 1 atom stereocenters. The number of hydrogen-bond donors (Lipinski definition) is 1. The molecule has 0 radical (unpaired) electrons. The molecular formula is C16H27N3OS. The van der Waals surface area contributed by atoms with Crippen molar-refractivity contribution in [2.45, 2.75) is 26.3 Å². The second kappa shape index (κ2) is 7.92. The fourth-order valence-corrected chi connectivity index (χ4v) is 3.50. The molecule has 0 saturated carbocycles. The molecule has 1 aliphatic heterocycles. The molecule has 1 N–H and O–H groups in total. The van der Waals surface area contributed by atoms with Crippen LogP contribution in [0.2, 0.25) is 0 Å². The molecule has 1 aromatic heterocycles.